The van der Waals surface area contributed by atoms with E-state index in [0.717, 1.165) is 0 Å². The summed E-state index contributed by atoms with van der Waals surface area (Å²) in [6, 6.07) is 21.7. The highest BCUT2D eigenvalue weighted by Gasteiger charge is 2.42. The van der Waals surface area contributed by atoms with Crippen molar-refractivity contribution in [1.82, 2.24) is 9.42 Å². The standard InChI is InChI=1S/C30H25ClN2O8S/c1-39-24-12-6-20(7-13-24)28(34)32(29(35)21-8-14-25(40-2)15-9-21)33(30(36)22-4-10-23(31)11-5-22)42(37,38)27-18-16-26(41-3)17-19-27/h4-19H,1-3H3. The van der Waals surface area contributed by atoms with Crippen molar-refractivity contribution in [2.75, 3.05) is 21.3 Å². The maximum absolute atomic E-state index is 14.2. The molecule has 4 aromatic carbocycles. The molecule has 0 radical (unpaired) electrons. The normalized spacial score (nSPS) is 10.9. The fourth-order valence-electron chi connectivity index (χ4n) is 3.83. The van der Waals surface area contributed by atoms with Gasteiger partial charge in [0, 0.05) is 21.7 Å². The van der Waals surface area contributed by atoms with Crippen molar-refractivity contribution < 1.29 is 37.0 Å². The molecule has 216 valence electrons. The number of amides is 3. The number of imide groups is 1. The van der Waals surface area contributed by atoms with Crippen molar-refractivity contribution in [3.05, 3.63) is 119 Å². The van der Waals surface area contributed by atoms with Gasteiger partial charge in [-0.05, 0) is 97.1 Å². The van der Waals surface area contributed by atoms with Crippen LogP contribution in [0.4, 0.5) is 0 Å². The SMILES string of the molecule is COc1ccc(C(=O)N(C(=O)c2ccc(OC)cc2)N(C(=O)c2ccc(Cl)cc2)S(=O)(=O)c2ccc(OC)cc2)cc1. The number of carbonyl (C=O) groups excluding carboxylic acids is 3. The Labute approximate surface area is 247 Å². The molecule has 0 spiro atoms. The third-order valence-electron chi connectivity index (χ3n) is 6.09. The van der Waals surface area contributed by atoms with Gasteiger partial charge in [0.1, 0.15) is 17.2 Å². The third-order valence-corrected chi connectivity index (χ3v) is 7.99. The number of halogens is 1. The monoisotopic (exact) mass is 608 g/mol. The summed E-state index contributed by atoms with van der Waals surface area (Å²) >= 11 is 5.99. The summed E-state index contributed by atoms with van der Waals surface area (Å²) < 4.78 is 43.9. The van der Waals surface area contributed by atoms with Crippen molar-refractivity contribution in [3.63, 3.8) is 0 Å². The van der Waals surface area contributed by atoms with Crippen LogP contribution in [0.1, 0.15) is 31.1 Å². The second-order valence-corrected chi connectivity index (χ2v) is 10.8. The minimum atomic E-state index is -4.88. The number of nitrogens with zero attached hydrogens (tertiary/aromatic N) is 2. The molecule has 0 aliphatic heterocycles. The molecule has 3 amide bonds. The summed E-state index contributed by atoms with van der Waals surface area (Å²) in [5.74, 6) is -2.16. The van der Waals surface area contributed by atoms with E-state index in [4.69, 9.17) is 25.8 Å². The lowest BCUT2D eigenvalue weighted by atomic mass is 10.1. The van der Waals surface area contributed by atoms with Crippen molar-refractivity contribution in [1.29, 1.82) is 0 Å². The van der Waals surface area contributed by atoms with Crippen LogP contribution in [0.2, 0.25) is 5.02 Å². The number of methoxy groups -OCH3 is 3. The largest absolute Gasteiger partial charge is 0.497 e. The van der Waals surface area contributed by atoms with Crippen LogP contribution in [0.5, 0.6) is 17.2 Å². The van der Waals surface area contributed by atoms with E-state index in [1.807, 2.05) is 0 Å². The molecule has 0 aromatic heterocycles. The lowest BCUT2D eigenvalue weighted by Crippen LogP contribution is -2.55. The topological polar surface area (TPSA) is 120 Å². The van der Waals surface area contributed by atoms with Gasteiger partial charge in [0.2, 0.25) is 0 Å². The molecule has 0 unspecified atom stereocenters. The number of ether oxygens (including phenoxy) is 3. The van der Waals surface area contributed by atoms with Gasteiger partial charge in [-0.1, -0.05) is 11.6 Å². The van der Waals surface area contributed by atoms with Crippen LogP contribution in [0.25, 0.3) is 0 Å². The van der Waals surface area contributed by atoms with Gasteiger partial charge >= 0.3 is 0 Å². The van der Waals surface area contributed by atoms with Crippen molar-refractivity contribution in [3.8, 4) is 17.2 Å². The molecule has 4 aromatic rings. The van der Waals surface area contributed by atoms with Crippen molar-refractivity contribution in [2.45, 2.75) is 4.90 Å². The first kappa shape index (κ1) is 30.1. The average molecular weight is 609 g/mol. The zero-order valence-electron chi connectivity index (χ0n) is 22.7. The summed E-state index contributed by atoms with van der Waals surface area (Å²) in [6.45, 7) is 0. The smallest absolute Gasteiger partial charge is 0.287 e. The second-order valence-electron chi connectivity index (χ2n) is 8.61. The highest BCUT2D eigenvalue weighted by molar-refractivity contribution is 7.89. The summed E-state index contributed by atoms with van der Waals surface area (Å²) in [5, 5.41) is 0.594. The van der Waals surface area contributed by atoms with E-state index < -0.39 is 27.7 Å². The van der Waals surface area contributed by atoms with E-state index in [1.54, 1.807) is 0 Å². The number of benzene rings is 4. The molecule has 0 aliphatic rings. The van der Waals surface area contributed by atoms with Crippen LogP contribution in [-0.2, 0) is 10.0 Å². The van der Waals surface area contributed by atoms with Gasteiger partial charge in [0.15, 0.2) is 0 Å². The summed E-state index contributed by atoms with van der Waals surface area (Å²) in [6.07, 6.45) is 0. The zero-order valence-corrected chi connectivity index (χ0v) is 24.3. The van der Waals surface area contributed by atoms with Crippen LogP contribution >= 0.6 is 11.6 Å². The molecule has 4 rings (SSSR count). The molecular formula is C30H25ClN2O8S. The molecule has 0 saturated carbocycles. The van der Waals surface area contributed by atoms with Gasteiger partial charge < -0.3 is 14.2 Å². The predicted molar refractivity (Wildman–Crippen MR) is 154 cm³/mol. The van der Waals surface area contributed by atoms with E-state index in [2.05, 4.69) is 0 Å². The molecule has 0 aliphatic carbocycles. The lowest BCUT2D eigenvalue weighted by molar-refractivity contribution is 0.0255. The Kier molecular flexibility index (Phi) is 9.14. The fourth-order valence-corrected chi connectivity index (χ4v) is 5.32. The van der Waals surface area contributed by atoms with Crippen molar-refractivity contribution in [2.24, 2.45) is 0 Å². The zero-order chi connectivity index (χ0) is 30.4. The summed E-state index contributed by atoms with van der Waals surface area (Å²) in [7, 11) is -0.609. The predicted octanol–water partition coefficient (Wildman–Crippen LogP) is 5.09. The van der Waals surface area contributed by atoms with Crippen LogP contribution in [0.15, 0.2) is 102 Å². The maximum Gasteiger partial charge on any atom is 0.287 e. The van der Waals surface area contributed by atoms with Crippen LogP contribution in [-0.4, -0.2) is 56.9 Å². The van der Waals surface area contributed by atoms with E-state index >= 15 is 0 Å². The first-order valence-corrected chi connectivity index (χ1v) is 14.1. The maximum atomic E-state index is 14.2. The van der Waals surface area contributed by atoms with Gasteiger partial charge in [-0.25, -0.2) is 0 Å². The van der Waals surface area contributed by atoms with Gasteiger partial charge in [-0.2, -0.15) is 13.4 Å². The van der Waals surface area contributed by atoms with Crippen LogP contribution in [0, 0.1) is 0 Å². The van der Waals surface area contributed by atoms with E-state index in [9.17, 15) is 22.8 Å². The van der Waals surface area contributed by atoms with Crippen molar-refractivity contribution >= 4 is 39.3 Å². The molecule has 42 heavy (non-hydrogen) atoms. The Bertz CT molecular complexity index is 1630. The fraction of sp³-hybridized carbons (Fsp3) is 0.100. The number of hydrazine groups is 1. The highest BCUT2D eigenvalue weighted by Crippen LogP contribution is 2.27. The molecule has 10 nitrogen and oxygen atoms in total. The number of carbonyl (C=O) groups is 3. The number of hydrogen-bond donors (Lipinski definition) is 0. The number of rotatable bonds is 8. The lowest BCUT2D eigenvalue weighted by Gasteiger charge is -2.32. The molecule has 0 heterocycles. The first-order chi connectivity index (χ1) is 20.1. The van der Waals surface area contributed by atoms with E-state index in [-0.39, 0.29) is 31.0 Å². The van der Waals surface area contributed by atoms with Gasteiger partial charge in [0.05, 0.1) is 26.2 Å². The Morgan fingerprint density at radius 1 is 0.548 bits per heavy atom. The second kappa shape index (κ2) is 12.8. The number of sulfonamides is 1. The minimum absolute atomic E-state index is 0.0866. The quantitative estimate of drug-likeness (QED) is 0.200. The van der Waals surface area contributed by atoms with Crippen LogP contribution in [0.3, 0.4) is 0 Å². The summed E-state index contributed by atoms with van der Waals surface area (Å²) in [4.78, 5) is 41.7. The Hall–Kier alpha value is -4.87. The Morgan fingerprint density at radius 3 is 1.26 bits per heavy atom. The molecule has 0 atom stereocenters. The van der Waals surface area contributed by atoms with Crippen LogP contribution < -0.4 is 14.2 Å². The Balaban J connectivity index is 1.95. The average Bonchev–Trinajstić information content (AvgIpc) is 3.03. The molecule has 0 fully saturated rings. The summed E-state index contributed by atoms with van der Waals surface area (Å²) in [5.41, 5.74) is -0.320. The van der Waals surface area contributed by atoms with Gasteiger partial charge in [-0.3, -0.25) is 14.4 Å². The van der Waals surface area contributed by atoms with Gasteiger partial charge in [-0.15, -0.1) is 4.41 Å². The molecule has 12 heteroatoms. The molecular weight excluding hydrogens is 584 g/mol. The first-order valence-electron chi connectivity index (χ1n) is 12.3. The highest BCUT2D eigenvalue weighted by atomic mass is 35.5. The van der Waals surface area contributed by atoms with E-state index in [0.29, 0.717) is 22.3 Å². The van der Waals surface area contributed by atoms with Gasteiger partial charge in [0.25, 0.3) is 27.7 Å². The number of hydrogen-bond acceptors (Lipinski definition) is 8. The van der Waals surface area contributed by atoms with E-state index in [1.165, 1.54) is 118 Å². The molecule has 0 saturated heterocycles. The minimum Gasteiger partial charge on any atom is -0.497 e. The third kappa shape index (κ3) is 6.22. The Morgan fingerprint density at radius 2 is 0.881 bits per heavy atom. The molecule has 0 bridgehead atoms. The molecule has 0 N–H and O–H groups in total.